The molecule has 1 aromatic carbocycles. The lowest BCUT2D eigenvalue weighted by atomic mass is 9.93. The Morgan fingerprint density at radius 3 is 2.36 bits per heavy atom. The highest BCUT2D eigenvalue weighted by Gasteiger charge is 2.40. The van der Waals surface area contributed by atoms with Gasteiger partial charge in [-0.1, -0.05) is 31.5 Å². The Balaban J connectivity index is 1.60. The Labute approximate surface area is 166 Å². The lowest BCUT2D eigenvalue weighted by Crippen LogP contribution is -2.51. The molecule has 1 N–H and O–H groups in total. The molecule has 0 aliphatic carbocycles. The van der Waals surface area contributed by atoms with E-state index in [1.807, 2.05) is 61.8 Å². The van der Waals surface area contributed by atoms with Crippen molar-refractivity contribution in [3.63, 3.8) is 0 Å². The Hall–Kier alpha value is -2.60. The largest absolute Gasteiger partial charge is 0.478 e. The van der Waals surface area contributed by atoms with Crippen molar-refractivity contribution in [1.82, 2.24) is 9.88 Å². The lowest BCUT2D eigenvalue weighted by Gasteiger charge is -2.38. The molecular formula is C22H29N3O3. The number of aliphatic carboxylic acids is 1. The van der Waals surface area contributed by atoms with Gasteiger partial charge in [0.25, 0.3) is 0 Å². The fourth-order valence-electron chi connectivity index (χ4n) is 3.73. The summed E-state index contributed by atoms with van der Waals surface area (Å²) < 4.78 is 6.04. The number of pyridine rings is 1. The maximum Gasteiger partial charge on any atom is 0.348 e. The molecule has 1 unspecified atom stereocenters. The minimum atomic E-state index is -1.18. The van der Waals surface area contributed by atoms with Crippen molar-refractivity contribution in [2.45, 2.75) is 31.8 Å². The molecule has 3 rings (SSSR count). The summed E-state index contributed by atoms with van der Waals surface area (Å²) in [7, 11) is 0. The minimum Gasteiger partial charge on any atom is -0.478 e. The van der Waals surface area contributed by atoms with Crippen molar-refractivity contribution in [1.29, 1.82) is 0 Å². The van der Waals surface area contributed by atoms with Crippen molar-refractivity contribution in [3.8, 4) is 5.75 Å². The summed E-state index contributed by atoms with van der Waals surface area (Å²) in [5, 5.41) is 9.98. The maximum atomic E-state index is 12.2. The molecule has 0 saturated carbocycles. The van der Waals surface area contributed by atoms with E-state index in [1.54, 1.807) is 0 Å². The monoisotopic (exact) mass is 383 g/mol. The topological polar surface area (TPSA) is 65.9 Å². The number of rotatable bonds is 9. The number of hydrogen-bond donors (Lipinski definition) is 1. The molecule has 0 radical (unpaired) electrons. The van der Waals surface area contributed by atoms with Gasteiger partial charge in [-0.2, -0.15) is 0 Å². The van der Waals surface area contributed by atoms with E-state index in [9.17, 15) is 9.90 Å². The molecule has 2 aromatic rings. The van der Waals surface area contributed by atoms with Gasteiger partial charge < -0.3 is 14.7 Å². The summed E-state index contributed by atoms with van der Waals surface area (Å²) in [6.45, 7) is 6.39. The molecule has 1 aliphatic rings. The van der Waals surface area contributed by atoms with Crippen LogP contribution in [-0.4, -0.2) is 59.3 Å². The summed E-state index contributed by atoms with van der Waals surface area (Å²) in [6, 6.07) is 13.3. The number of carbonyl (C=O) groups is 1. The summed E-state index contributed by atoms with van der Waals surface area (Å²) in [5.74, 6) is -0.269. The van der Waals surface area contributed by atoms with E-state index >= 15 is 0 Å². The number of nitrogens with zero attached hydrogens (tertiary/aromatic N) is 3. The van der Waals surface area contributed by atoms with Crippen molar-refractivity contribution in [3.05, 3.63) is 54.9 Å². The minimum absolute atomic E-state index is 0.473. The van der Waals surface area contributed by atoms with Gasteiger partial charge in [-0.25, -0.2) is 4.79 Å². The third kappa shape index (κ3) is 5.01. The van der Waals surface area contributed by atoms with Gasteiger partial charge in [0.05, 0.1) is 0 Å². The highest BCUT2D eigenvalue weighted by molar-refractivity contribution is 5.78. The molecule has 6 heteroatoms. The van der Waals surface area contributed by atoms with Gasteiger partial charge in [0.1, 0.15) is 5.75 Å². The molecule has 6 nitrogen and oxygen atoms in total. The predicted octanol–water partition coefficient (Wildman–Crippen LogP) is 3.30. The van der Waals surface area contributed by atoms with E-state index < -0.39 is 11.6 Å². The lowest BCUT2D eigenvalue weighted by molar-refractivity contribution is -0.157. The second-order valence-electron chi connectivity index (χ2n) is 7.25. The SMILES string of the molecule is CCCC(CCN1CCN(c2ccncc2)CC1)(Oc1ccccc1)C(=O)O. The quantitative estimate of drug-likeness (QED) is 0.717. The Morgan fingerprint density at radius 2 is 1.75 bits per heavy atom. The van der Waals surface area contributed by atoms with Crippen molar-refractivity contribution in [2.75, 3.05) is 37.6 Å². The normalized spacial score (nSPS) is 17.1. The predicted molar refractivity (Wildman–Crippen MR) is 110 cm³/mol. The molecule has 0 bridgehead atoms. The van der Waals surface area contributed by atoms with Crippen LogP contribution in [0.5, 0.6) is 5.75 Å². The molecule has 150 valence electrons. The van der Waals surface area contributed by atoms with Crippen LogP contribution < -0.4 is 9.64 Å². The zero-order valence-corrected chi connectivity index (χ0v) is 16.5. The Morgan fingerprint density at radius 1 is 1.07 bits per heavy atom. The second kappa shape index (κ2) is 9.55. The molecule has 1 aromatic heterocycles. The number of anilines is 1. The molecular weight excluding hydrogens is 354 g/mol. The van der Waals surface area contributed by atoms with E-state index in [0.29, 0.717) is 25.1 Å². The first-order valence-corrected chi connectivity index (χ1v) is 9.98. The number of carboxylic acid groups (broad SMARTS) is 1. The van der Waals surface area contributed by atoms with Crippen LogP contribution in [0.25, 0.3) is 0 Å². The van der Waals surface area contributed by atoms with Crippen LogP contribution in [0.15, 0.2) is 54.9 Å². The number of piperazine rings is 1. The van der Waals surface area contributed by atoms with Gasteiger partial charge in [-0.15, -0.1) is 0 Å². The van der Waals surface area contributed by atoms with E-state index in [0.717, 1.165) is 32.6 Å². The van der Waals surface area contributed by atoms with Crippen LogP contribution in [0.4, 0.5) is 5.69 Å². The van der Waals surface area contributed by atoms with Crippen LogP contribution in [0.2, 0.25) is 0 Å². The molecule has 0 spiro atoms. The molecule has 1 atom stereocenters. The van der Waals surface area contributed by atoms with Crippen LogP contribution >= 0.6 is 0 Å². The number of ether oxygens (including phenoxy) is 1. The molecule has 2 heterocycles. The highest BCUT2D eigenvalue weighted by atomic mass is 16.5. The third-order valence-electron chi connectivity index (χ3n) is 5.33. The van der Waals surface area contributed by atoms with Crippen LogP contribution in [0.1, 0.15) is 26.2 Å². The van der Waals surface area contributed by atoms with Gasteiger partial charge >= 0.3 is 5.97 Å². The number of para-hydroxylation sites is 1. The first-order valence-electron chi connectivity index (χ1n) is 9.98. The average Bonchev–Trinajstić information content (AvgIpc) is 2.74. The number of carboxylic acids is 1. The van der Waals surface area contributed by atoms with Gasteiger partial charge in [0, 0.05) is 57.2 Å². The molecule has 1 aliphatic heterocycles. The molecule has 1 fully saturated rings. The fourth-order valence-corrected chi connectivity index (χ4v) is 3.73. The third-order valence-corrected chi connectivity index (χ3v) is 5.33. The fraction of sp³-hybridized carbons (Fsp3) is 0.455. The van der Waals surface area contributed by atoms with Gasteiger partial charge in [0.2, 0.25) is 5.60 Å². The smallest absolute Gasteiger partial charge is 0.348 e. The van der Waals surface area contributed by atoms with Crippen LogP contribution in [-0.2, 0) is 4.79 Å². The van der Waals surface area contributed by atoms with Crippen LogP contribution in [0.3, 0.4) is 0 Å². The molecule has 1 saturated heterocycles. The maximum absolute atomic E-state index is 12.2. The summed E-state index contributed by atoms with van der Waals surface area (Å²) >= 11 is 0. The van der Waals surface area contributed by atoms with E-state index in [1.165, 1.54) is 5.69 Å². The van der Waals surface area contributed by atoms with Gasteiger partial charge in [-0.3, -0.25) is 9.88 Å². The standard InChI is InChI=1S/C22H29N3O3/c1-2-10-22(21(26)27,28-20-6-4-3-5-7-20)11-14-24-15-17-25(18-16-24)19-8-12-23-13-9-19/h3-9,12-13H,2,10-11,14-18H2,1H3,(H,26,27). The molecule has 28 heavy (non-hydrogen) atoms. The summed E-state index contributed by atoms with van der Waals surface area (Å²) in [4.78, 5) is 20.9. The summed E-state index contributed by atoms with van der Waals surface area (Å²) in [5.41, 5.74) is 0.00569. The molecule has 0 amide bonds. The first kappa shape index (κ1) is 20.1. The Bertz CT molecular complexity index is 733. The zero-order valence-electron chi connectivity index (χ0n) is 16.5. The van der Waals surface area contributed by atoms with E-state index in [2.05, 4.69) is 14.8 Å². The van der Waals surface area contributed by atoms with E-state index in [-0.39, 0.29) is 0 Å². The van der Waals surface area contributed by atoms with Crippen molar-refractivity contribution >= 4 is 11.7 Å². The number of hydrogen-bond acceptors (Lipinski definition) is 5. The van der Waals surface area contributed by atoms with Crippen molar-refractivity contribution in [2.24, 2.45) is 0 Å². The summed E-state index contributed by atoms with van der Waals surface area (Å²) in [6.07, 6.45) is 5.35. The average molecular weight is 383 g/mol. The first-order chi connectivity index (χ1) is 13.6. The van der Waals surface area contributed by atoms with Crippen LogP contribution in [0, 0.1) is 0 Å². The highest BCUT2D eigenvalue weighted by Crippen LogP contribution is 2.27. The Kier molecular flexibility index (Phi) is 6.87. The number of benzene rings is 1. The van der Waals surface area contributed by atoms with Crippen molar-refractivity contribution < 1.29 is 14.6 Å². The second-order valence-corrected chi connectivity index (χ2v) is 7.25. The van der Waals surface area contributed by atoms with Gasteiger partial charge in [0.15, 0.2) is 0 Å². The van der Waals surface area contributed by atoms with E-state index in [4.69, 9.17) is 4.74 Å². The van der Waals surface area contributed by atoms with Gasteiger partial charge in [-0.05, 0) is 30.7 Å². The zero-order chi connectivity index (χ0) is 19.8. The number of aromatic nitrogens is 1.